The van der Waals surface area contributed by atoms with Crippen LogP contribution in [0.25, 0.3) is 10.9 Å². The summed E-state index contributed by atoms with van der Waals surface area (Å²) in [7, 11) is 1.73. The standard InChI is InChI=1S/C21H23N5O3/c1-24(21(13-27)6-7-21)19(28)15-11-22-26-9-8-25(12-18(15)26)20(29)17-10-14-4-2-3-5-16(14)23-17/h2-5,10-11,23,27H,6-9,12-13H2,1H3. The Balaban J connectivity index is 1.40. The number of nitrogens with zero attached hydrogens (tertiary/aromatic N) is 4. The lowest BCUT2D eigenvalue weighted by molar-refractivity contribution is 0.0608. The molecule has 0 saturated heterocycles. The largest absolute Gasteiger partial charge is 0.394 e. The molecule has 0 atom stereocenters. The number of likely N-dealkylation sites (N-methyl/N-ethyl adjacent to an activating group) is 1. The minimum Gasteiger partial charge on any atom is -0.394 e. The number of benzene rings is 1. The molecule has 2 aliphatic rings. The number of fused-ring (bicyclic) bond motifs is 2. The highest BCUT2D eigenvalue weighted by Gasteiger charge is 2.48. The summed E-state index contributed by atoms with van der Waals surface area (Å²) in [6, 6.07) is 9.65. The maximum absolute atomic E-state index is 13.1. The van der Waals surface area contributed by atoms with Crippen LogP contribution in [0.5, 0.6) is 0 Å². The summed E-state index contributed by atoms with van der Waals surface area (Å²) in [5.74, 6) is -0.243. The van der Waals surface area contributed by atoms with Gasteiger partial charge in [-0.25, -0.2) is 0 Å². The molecule has 29 heavy (non-hydrogen) atoms. The summed E-state index contributed by atoms with van der Waals surface area (Å²) in [4.78, 5) is 32.7. The Bertz CT molecular complexity index is 1080. The van der Waals surface area contributed by atoms with Gasteiger partial charge in [0.2, 0.25) is 0 Å². The molecule has 0 radical (unpaired) electrons. The maximum atomic E-state index is 13.1. The number of amides is 2. The molecule has 0 unspecified atom stereocenters. The predicted octanol–water partition coefficient (Wildman–Crippen LogP) is 1.62. The first-order valence-corrected chi connectivity index (χ1v) is 9.83. The Kier molecular flexibility index (Phi) is 3.99. The molecule has 3 aromatic rings. The van der Waals surface area contributed by atoms with E-state index in [4.69, 9.17) is 0 Å². The summed E-state index contributed by atoms with van der Waals surface area (Å²) in [6.07, 6.45) is 3.19. The van der Waals surface area contributed by atoms with Crippen molar-refractivity contribution in [2.45, 2.75) is 31.5 Å². The molecule has 1 aromatic carbocycles. The van der Waals surface area contributed by atoms with E-state index in [2.05, 4.69) is 10.1 Å². The van der Waals surface area contributed by atoms with Gasteiger partial charge in [-0.1, -0.05) is 18.2 Å². The van der Waals surface area contributed by atoms with Gasteiger partial charge in [0.25, 0.3) is 11.8 Å². The van der Waals surface area contributed by atoms with E-state index in [0.29, 0.717) is 30.9 Å². The van der Waals surface area contributed by atoms with E-state index >= 15 is 0 Å². The van der Waals surface area contributed by atoms with Crippen LogP contribution in [0.2, 0.25) is 0 Å². The SMILES string of the molecule is CN(C(=O)c1cnn2c1CN(C(=O)c1cc3ccccc3[nH]1)CC2)C1(CO)CC1. The van der Waals surface area contributed by atoms with Crippen molar-refractivity contribution in [3.8, 4) is 0 Å². The van der Waals surface area contributed by atoms with Crippen LogP contribution in [-0.4, -0.2) is 67.2 Å². The highest BCUT2D eigenvalue weighted by Crippen LogP contribution is 2.41. The molecular weight excluding hydrogens is 370 g/mol. The van der Waals surface area contributed by atoms with E-state index < -0.39 is 5.54 Å². The highest BCUT2D eigenvalue weighted by atomic mass is 16.3. The molecule has 0 bridgehead atoms. The van der Waals surface area contributed by atoms with E-state index in [-0.39, 0.29) is 18.4 Å². The third-order valence-corrected chi connectivity index (χ3v) is 6.29. The van der Waals surface area contributed by atoms with Crippen LogP contribution in [0.4, 0.5) is 0 Å². The first-order valence-electron chi connectivity index (χ1n) is 9.83. The predicted molar refractivity (Wildman–Crippen MR) is 106 cm³/mol. The van der Waals surface area contributed by atoms with Crippen LogP contribution in [0.15, 0.2) is 36.5 Å². The molecule has 1 saturated carbocycles. The van der Waals surface area contributed by atoms with Crippen molar-refractivity contribution in [3.05, 3.63) is 53.5 Å². The van der Waals surface area contributed by atoms with Gasteiger partial charge in [-0.2, -0.15) is 5.10 Å². The number of aromatic nitrogens is 3. The Morgan fingerprint density at radius 3 is 2.79 bits per heavy atom. The number of aliphatic hydroxyl groups is 1. The van der Waals surface area contributed by atoms with E-state index in [9.17, 15) is 14.7 Å². The molecule has 150 valence electrons. The molecule has 8 nitrogen and oxygen atoms in total. The third kappa shape index (κ3) is 2.82. The molecule has 2 amide bonds. The van der Waals surface area contributed by atoms with Gasteiger partial charge in [0.15, 0.2) is 0 Å². The number of aromatic amines is 1. The van der Waals surface area contributed by atoms with Crippen LogP contribution < -0.4 is 0 Å². The van der Waals surface area contributed by atoms with Gasteiger partial charge in [-0.15, -0.1) is 0 Å². The van der Waals surface area contributed by atoms with Gasteiger partial charge in [0.05, 0.1) is 42.7 Å². The van der Waals surface area contributed by atoms with Crippen LogP contribution in [-0.2, 0) is 13.1 Å². The average molecular weight is 393 g/mol. The number of hydrogen-bond acceptors (Lipinski definition) is 4. The minimum absolute atomic E-state index is 0.0380. The fraction of sp³-hybridized carbons (Fsp3) is 0.381. The van der Waals surface area contributed by atoms with E-state index in [1.807, 2.05) is 30.3 Å². The van der Waals surface area contributed by atoms with Crippen molar-refractivity contribution in [2.75, 3.05) is 20.2 Å². The van der Waals surface area contributed by atoms with Gasteiger partial charge >= 0.3 is 0 Å². The van der Waals surface area contributed by atoms with Crippen molar-refractivity contribution in [1.29, 1.82) is 0 Å². The molecule has 5 rings (SSSR count). The Morgan fingerprint density at radius 1 is 1.28 bits per heavy atom. The molecule has 3 heterocycles. The fourth-order valence-corrected chi connectivity index (χ4v) is 4.10. The van der Waals surface area contributed by atoms with Crippen LogP contribution >= 0.6 is 0 Å². The molecule has 2 aromatic heterocycles. The van der Waals surface area contributed by atoms with Crippen LogP contribution in [0.3, 0.4) is 0 Å². The summed E-state index contributed by atoms with van der Waals surface area (Å²) >= 11 is 0. The second-order valence-electron chi connectivity index (χ2n) is 7.97. The van der Waals surface area contributed by atoms with Gasteiger partial charge in [0, 0.05) is 24.5 Å². The zero-order valence-corrected chi connectivity index (χ0v) is 16.3. The van der Waals surface area contributed by atoms with Gasteiger partial charge in [-0.3, -0.25) is 14.3 Å². The number of rotatable bonds is 4. The van der Waals surface area contributed by atoms with Gasteiger partial charge in [-0.05, 0) is 25.0 Å². The topological polar surface area (TPSA) is 94.5 Å². The monoisotopic (exact) mass is 393 g/mol. The van der Waals surface area contributed by atoms with Crippen molar-refractivity contribution in [2.24, 2.45) is 0 Å². The molecular formula is C21H23N5O3. The molecule has 8 heteroatoms. The average Bonchev–Trinajstić information content (AvgIpc) is 3.25. The zero-order valence-electron chi connectivity index (χ0n) is 16.3. The number of carbonyl (C=O) groups is 2. The minimum atomic E-state index is -0.444. The summed E-state index contributed by atoms with van der Waals surface area (Å²) in [5.41, 5.74) is 2.27. The van der Waals surface area contributed by atoms with Crippen LogP contribution in [0, 0.1) is 0 Å². The van der Waals surface area contributed by atoms with Gasteiger partial charge < -0.3 is 19.9 Å². The highest BCUT2D eigenvalue weighted by molar-refractivity contribution is 5.99. The van der Waals surface area contributed by atoms with Crippen molar-refractivity contribution < 1.29 is 14.7 Å². The molecule has 0 spiro atoms. The molecule has 2 N–H and O–H groups in total. The number of H-pyrrole nitrogens is 1. The van der Waals surface area contributed by atoms with E-state index in [1.165, 1.54) is 0 Å². The smallest absolute Gasteiger partial charge is 0.270 e. The zero-order chi connectivity index (χ0) is 20.2. The first kappa shape index (κ1) is 17.9. The summed E-state index contributed by atoms with van der Waals surface area (Å²) in [6.45, 7) is 1.37. The normalized spacial score (nSPS) is 17.2. The third-order valence-electron chi connectivity index (χ3n) is 6.29. The fourth-order valence-electron chi connectivity index (χ4n) is 4.10. The van der Waals surface area contributed by atoms with Gasteiger partial charge in [0.1, 0.15) is 5.69 Å². The Labute approximate surface area is 167 Å². The summed E-state index contributed by atoms with van der Waals surface area (Å²) < 4.78 is 1.80. The molecule has 1 aliphatic carbocycles. The summed E-state index contributed by atoms with van der Waals surface area (Å²) in [5, 5.41) is 15.0. The van der Waals surface area contributed by atoms with Crippen molar-refractivity contribution >= 4 is 22.7 Å². The number of hydrogen-bond donors (Lipinski definition) is 2. The quantitative estimate of drug-likeness (QED) is 0.704. The lowest BCUT2D eigenvalue weighted by atomic mass is 10.1. The number of carbonyl (C=O) groups excluding carboxylic acids is 2. The number of para-hydroxylation sites is 1. The lowest BCUT2D eigenvalue weighted by Gasteiger charge is -2.30. The molecule has 1 aliphatic heterocycles. The van der Waals surface area contributed by atoms with E-state index in [0.717, 1.165) is 29.4 Å². The lowest BCUT2D eigenvalue weighted by Crippen LogP contribution is -2.43. The number of aliphatic hydroxyl groups excluding tert-OH is 1. The van der Waals surface area contributed by atoms with E-state index in [1.54, 1.807) is 27.7 Å². The van der Waals surface area contributed by atoms with Crippen LogP contribution in [0.1, 0.15) is 39.4 Å². The number of nitrogens with one attached hydrogen (secondary N) is 1. The second-order valence-corrected chi connectivity index (χ2v) is 7.97. The van der Waals surface area contributed by atoms with Crippen molar-refractivity contribution in [3.63, 3.8) is 0 Å². The Morgan fingerprint density at radius 2 is 2.07 bits per heavy atom. The first-order chi connectivity index (χ1) is 14.0. The van der Waals surface area contributed by atoms with Crippen molar-refractivity contribution in [1.82, 2.24) is 24.6 Å². The second kappa shape index (κ2) is 6.45. The Hall–Kier alpha value is -3.13. The maximum Gasteiger partial charge on any atom is 0.270 e. The molecule has 1 fully saturated rings.